The molecule has 2 aromatic rings. The van der Waals surface area contributed by atoms with Crippen LogP contribution < -0.4 is 10.6 Å². The molecule has 3 aliphatic rings. The maximum absolute atomic E-state index is 15.0. The number of carbonyl (C=O) groups excluding carboxylic acids is 3. The summed E-state index contributed by atoms with van der Waals surface area (Å²) < 4.78 is 137. The van der Waals surface area contributed by atoms with E-state index < -0.39 is 78.6 Å². The molecule has 2 amide bonds. The highest BCUT2D eigenvalue weighted by molar-refractivity contribution is 7.92. The number of alkyl halides is 7. The lowest BCUT2D eigenvalue weighted by Gasteiger charge is -2.44. The predicted octanol–water partition coefficient (Wildman–Crippen LogP) is 4.58. The molecule has 1 saturated carbocycles. The molecule has 7 nitrogen and oxygen atoms in total. The van der Waals surface area contributed by atoms with Crippen molar-refractivity contribution in [3.63, 3.8) is 0 Å². The first-order valence-electron chi connectivity index (χ1n) is 13.9. The van der Waals surface area contributed by atoms with Crippen molar-refractivity contribution in [3.05, 3.63) is 65.0 Å². The smallest absolute Gasteiger partial charge is 0.356 e. The molecule has 0 spiro atoms. The third kappa shape index (κ3) is 4.99. The second-order valence-corrected chi connectivity index (χ2v) is 13.7. The van der Waals surface area contributed by atoms with Crippen molar-refractivity contribution in [2.24, 2.45) is 17.8 Å². The van der Waals surface area contributed by atoms with Crippen molar-refractivity contribution >= 4 is 27.9 Å². The van der Waals surface area contributed by atoms with Crippen molar-refractivity contribution in [3.8, 4) is 0 Å². The molecule has 5 atom stereocenters. The van der Waals surface area contributed by atoms with Crippen LogP contribution in [0.5, 0.6) is 0 Å². The van der Waals surface area contributed by atoms with Gasteiger partial charge in [-0.1, -0.05) is 18.2 Å². The van der Waals surface area contributed by atoms with Crippen LogP contribution in [0.1, 0.15) is 42.4 Å². The molecule has 2 aromatic carbocycles. The minimum atomic E-state index is -6.42. The molecule has 45 heavy (non-hydrogen) atoms. The van der Waals surface area contributed by atoms with E-state index in [9.17, 15) is 53.5 Å². The topological polar surface area (TPSA) is 109 Å². The van der Waals surface area contributed by atoms with E-state index in [4.69, 9.17) is 0 Å². The average molecular weight is 667 g/mol. The van der Waals surface area contributed by atoms with Crippen LogP contribution in [0.2, 0.25) is 0 Å². The number of amides is 2. The minimum Gasteiger partial charge on any atom is -0.356 e. The van der Waals surface area contributed by atoms with Gasteiger partial charge in [-0.05, 0) is 61.1 Å². The molecule has 1 heterocycles. The Balaban J connectivity index is 1.69. The minimum absolute atomic E-state index is 0.144. The summed E-state index contributed by atoms with van der Waals surface area (Å²) >= 11 is 0. The monoisotopic (exact) mass is 666 g/mol. The summed E-state index contributed by atoms with van der Waals surface area (Å²) in [6.45, 7) is 0.215. The lowest BCUT2D eigenvalue weighted by atomic mass is 9.71. The zero-order valence-corrected chi connectivity index (χ0v) is 24.0. The van der Waals surface area contributed by atoms with E-state index in [0.717, 1.165) is 24.3 Å². The molecule has 0 aromatic heterocycles. The molecule has 1 saturated heterocycles. The van der Waals surface area contributed by atoms with Crippen molar-refractivity contribution < 1.29 is 57.9 Å². The van der Waals surface area contributed by atoms with E-state index in [1.54, 1.807) is 0 Å². The molecular formula is C29H26F8N2O5S. The number of aryl methyl sites for hydroxylation is 1. The van der Waals surface area contributed by atoms with Crippen molar-refractivity contribution in [1.82, 2.24) is 10.6 Å². The van der Waals surface area contributed by atoms with Gasteiger partial charge in [0.15, 0.2) is 9.84 Å². The summed E-state index contributed by atoms with van der Waals surface area (Å²) in [5.74, 6) is -5.16. The molecule has 2 fully saturated rings. The second kappa shape index (κ2) is 11.1. The van der Waals surface area contributed by atoms with Crippen LogP contribution in [0.15, 0.2) is 47.4 Å². The Bertz CT molecular complexity index is 1610. The Labute approximate surface area is 251 Å². The molecule has 1 aliphatic heterocycles. The van der Waals surface area contributed by atoms with Crippen LogP contribution in [0.25, 0.3) is 0 Å². The number of hydrogen-bond donors (Lipinski definition) is 2. The van der Waals surface area contributed by atoms with Gasteiger partial charge in [-0.2, -0.15) is 26.3 Å². The largest absolute Gasteiger partial charge is 0.435 e. The molecule has 16 heteroatoms. The molecule has 2 aliphatic carbocycles. The highest BCUT2D eigenvalue weighted by Gasteiger charge is 2.74. The van der Waals surface area contributed by atoms with Crippen LogP contribution in [-0.4, -0.2) is 51.5 Å². The normalized spacial score (nSPS) is 27.2. The summed E-state index contributed by atoms with van der Waals surface area (Å²) in [6, 6.07) is 3.64. The van der Waals surface area contributed by atoms with E-state index in [1.165, 1.54) is 0 Å². The van der Waals surface area contributed by atoms with Gasteiger partial charge < -0.3 is 15.4 Å². The molecule has 2 N–H and O–H groups in total. The third-order valence-corrected chi connectivity index (χ3v) is 11.8. The van der Waals surface area contributed by atoms with E-state index in [2.05, 4.69) is 10.6 Å². The standard InChI is InChI=1S/C29H26F8N2O5S/c30-19-3-5-20(6-4-19)45(43,44)26-18(14-40)13-23(39-25(42)16-9-10-38-24(41)12-16)22(26)7-1-15-11-17(2-8-21(15)26)27(31,28(32,33)34)29(35,36)37/h2-6,8,11,14,16,18,22-23H,1,7,9-10,12-13H2,(H,38,41)(H,39,42)/t16?,18?,22-,23+,26-/m0/s1. The second-order valence-electron chi connectivity index (χ2n) is 11.6. The Hall–Kier alpha value is -3.56. The Morgan fingerprint density at radius 1 is 0.978 bits per heavy atom. The fourth-order valence-corrected chi connectivity index (χ4v) is 9.78. The SMILES string of the molecule is O=CC1C[C@@H](NC(=O)C2CCNC(=O)C2)[C@@H]2CCc3cc(C(F)(C(F)(F)F)C(F)(F)F)ccc3[C@@]12S(=O)(=O)c1ccc(F)cc1. The fraction of sp³-hybridized carbons (Fsp3) is 0.483. The highest BCUT2D eigenvalue weighted by Crippen LogP contribution is 2.61. The number of rotatable bonds is 6. The zero-order chi connectivity index (χ0) is 33.2. The number of fused-ring (bicyclic) bond motifs is 3. The number of halogens is 8. The van der Waals surface area contributed by atoms with Gasteiger partial charge in [-0.25, -0.2) is 17.2 Å². The van der Waals surface area contributed by atoms with Crippen LogP contribution >= 0.6 is 0 Å². The molecule has 2 unspecified atom stereocenters. The van der Waals surface area contributed by atoms with Crippen LogP contribution in [0.3, 0.4) is 0 Å². The lowest BCUT2D eigenvalue weighted by molar-refractivity contribution is -0.348. The highest BCUT2D eigenvalue weighted by atomic mass is 32.2. The summed E-state index contributed by atoms with van der Waals surface area (Å²) in [5.41, 5.74) is -8.26. The number of benzene rings is 2. The summed E-state index contributed by atoms with van der Waals surface area (Å²) in [6.07, 6.45) is -13.2. The first kappa shape index (κ1) is 32.8. The van der Waals surface area contributed by atoms with E-state index >= 15 is 4.39 Å². The van der Waals surface area contributed by atoms with Gasteiger partial charge in [0, 0.05) is 42.3 Å². The van der Waals surface area contributed by atoms with Crippen LogP contribution in [-0.2, 0) is 41.1 Å². The lowest BCUT2D eigenvalue weighted by Crippen LogP contribution is -2.53. The van der Waals surface area contributed by atoms with Gasteiger partial charge in [-0.15, -0.1) is 0 Å². The maximum atomic E-state index is 15.0. The first-order valence-corrected chi connectivity index (χ1v) is 15.4. The summed E-state index contributed by atoms with van der Waals surface area (Å²) in [5, 5.41) is 5.31. The first-order chi connectivity index (χ1) is 20.9. The van der Waals surface area contributed by atoms with Gasteiger partial charge in [0.05, 0.1) is 4.90 Å². The Morgan fingerprint density at radius 2 is 1.62 bits per heavy atom. The zero-order valence-electron chi connectivity index (χ0n) is 23.1. The molecule has 0 bridgehead atoms. The quantitative estimate of drug-likeness (QED) is 0.267. The number of nitrogens with one attached hydrogen (secondary N) is 2. The number of carbonyl (C=O) groups is 3. The number of piperidine rings is 1. The molecular weight excluding hydrogens is 640 g/mol. The fourth-order valence-electron chi connectivity index (χ4n) is 7.17. The molecule has 244 valence electrons. The van der Waals surface area contributed by atoms with E-state index in [1.807, 2.05) is 0 Å². The third-order valence-electron chi connectivity index (χ3n) is 9.20. The Kier molecular flexibility index (Phi) is 8.06. The van der Waals surface area contributed by atoms with E-state index in [0.29, 0.717) is 18.4 Å². The van der Waals surface area contributed by atoms with Gasteiger partial charge in [-0.3, -0.25) is 9.59 Å². The van der Waals surface area contributed by atoms with Crippen molar-refractivity contribution in [1.29, 1.82) is 0 Å². The Morgan fingerprint density at radius 3 is 2.20 bits per heavy atom. The van der Waals surface area contributed by atoms with Crippen LogP contribution in [0, 0.1) is 23.6 Å². The number of sulfone groups is 1. The van der Waals surface area contributed by atoms with Crippen molar-refractivity contribution in [2.75, 3.05) is 6.54 Å². The number of hydrogen-bond acceptors (Lipinski definition) is 5. The maximum Gasteiger partial charge on any atom is 0.435 e. The predicted molar refractivity (Wildman–Crippen MR) is 140 cm³/mol. The summed E-state index contributed by atoms with van der Waals surface area (Å²) in [4.78, 5) is 37.2. The average Bonchev–Trinajstić information content (AvgIpc) is 3.30. The number of aldehydes is 1. The van der Waals surface area contributed by atoms with E-state index in [-0.39, 0.29) is 61.7 Å². The molecule has 5 rings (SSSR count). The van der Waals surface area contributed by atoms with Crippen LogP contribution in [0.4, 0.5) is 35.1 Å². The van der Waals surface area contributed by atoms with Gasteiger partial charge in [0.1, 0.15) is 16.9 Å². The van der Waals surface area contributed by atoms with Crippen molar-refractivity contribution in [2.45, 2.75) is 65.8 Å². The van der Waals surface area contributed by atoms with Gasteiger partial charge in [0.2, 0.25) is 11.8 Å². The van der Waals surface area contributed by atoms with Gasteiger partial charge >= 0.3 is 18.0 Å². The van der Waals surface area contributed by atoms with Gasteiger partial charge in [0.25, 0.3) is 0 Å². The summed E-state index contributed by atoms with van der Waals surface area (Å²) in [7, 11) is -4.81. The molecule has 0 radical (unpaired) electrons.